The molecule has 2 aromatic heterocycles. The number of nitrogens with one attached hydrogen (secondary N) is 1. The van der Waals surface area contributed by atoms with Crippen molar-refractivity contribution in [1.82, 2.24) is 15.0 Å². The predicted octanol–water partition coefficient (Wildman–Crippen LogP) is 4.34. The van der Waals surface area contributed by atoms with Crippen molar-refractivity contribution in [3.63, 3.8) is 0 Å². The highest BCUT2D eigenvalue weighted by Crippen LogP contribution is 2.32. The highest BCUT2D eigenvalue weighted by molar-refractivity contribution is 9.10. The molecule has 1 N–H and O–H groups in total. The fourth-order valence-corrected chi connectivity index (χ4v) is 3.76. The summed E-state index contributed by atoms with van der Waals surface area (Å²) in [5, 5.41) is 0.858. The molecular formula is C16H16BrN3O2S. The van der Waals surface area contributed by atoms with E-state index in [1.165, 1.54) is 0 Å². The van der Waals surface area contributed by atoms with Crippen LogP contribution in [0.1, 0.15) is 11.3 Å². The van der Waals surface area contributed by atoms with Gasteiger partial charge >= 0.3 is 0 Å². The molecule has 0 spiro atoms. The Labute approximate surface area is 146 Å². The molecule has 0 radical (unpaired) electrons. The number of halogens is 1. The second-order valence-electron chi connectivity index (χ2n) is 4.92. The van der Waals surface area contributed by atoms with Gasteiger partial charge in [0.2, 0.25) is 0 Å². The number of fused-ring (bicyclic) bond motifs is 1. The molecule has 0 aliphatic carbocycles. The van der Waals surface area contributed by atoms with E-state index in [0.717, 1.165) is 43.4 Å². The van der Waals surface area contributed by atoms with Crippen molar-refractivity contribution in [3.05, 3.63) is 40.1 Å². The van der Waals surface area contributed by atoms with Crippen molar-refractivity contribution in [1.29, 1.82) is 0 Å². The van der Waals surface area contributed by atoms with Gasteiger partial charge in [0.1, 0.15) is 11.5 Å². The van der Waals surface area contributed by atoms with Crippen LogP contribution in [-0.4, -0.2) is 29.2 Å². The molecule has 3 aromatic rings. The summed E-state index contributed by atoms with van der Waals surface area (Å²) in [6.45, 7) is 2.01. The monoisotopic (exact) mass is 393 g/mol. The number of ether oxygens (including phenoxy) is 2. The van der Waals surface area contributed by atoms with Gasteiger partial charge in [0.25, 0.3) is 0 Å². The van der Waals surface area contributed by atoms with Gasteiger partial charge < -0.3 is 14.5 Å². The van der Waals surface area contributed by atoms with Gasteiger partial charge in [0, 0.05) is 23.6 Å². The average Bonchev–Trinajstić information content (AvgIpc) is 2.96. The Hall–Kier alpha value is -1.73. The van der Waals surface area contributed by atoms with Crippen LogP contribution in [0.15, 0.2) is 34.0 Å². The number of hydrogen-bond donors (Lipinski definition) is 1. The molecular weight excluding hydrogens is 378 g/mol. The Bertz CT molecular complexity index is 851. The fourth-order valence-electron chi connectivity index (χ4n) is 2.29. The van der Waals surface area contributed by atoms with E-state index in [1.54, 1.807) is 32.2 Å². The molecule has 0 aliphatic heterocycles. The standard InChI is InChI=1S/C16H16BrN3O2S/c1-9-14(18-7-11(17)15(9)22-3)8-23-16-19-12-5-4-10(21-2)6-13(12)20-16/h4-7H,8H2,1-3H3,(H,19,20). The minimum absolute atomic E-state index is 0.715. The molecule has 0 saturated carbocycles. The zero-order chi connectivity index (χ0) is 16.4. The van der Waals surface area contributed by atoms with E-state index >= 15 is 0 Å². The lowest BCUT2D eigenvalue weighted by atomic mass is 10.2. The van der Waals surface area contributed by atoms with Gasteiger partial charge in [-0.25, -0.2) is 4.98 Å². The SMILES string of the molecule is COc1ccc2nc(SCc3ncc(Br)c(OC)c3C)[nH]c2c1. The summed E-state index contributed by atoms with van der Waals surface area (Å²) in [6, 6.07) is 5.79. The third kappa shape index (κ3) is 3.30. The second-order valence-corrected chi connectivity index (χ2v) is 6.74. The highest BCUT2D eigenvalue weighted by atomic mass is 79.9. The molecule has 3 rings (SSSR count). The van der Waals surface area contributed by atoms with E-state index in [2.05, 4.69) is 30.9 Å². The first kappa shape index (κ1) is 16.1. The van der Waals surface area contributed by atoms with E-state index in [4.69, 9.17) is 9.47 Å². The summed E-state index contributed by atoms with van der Waals surface area (Å²) in [4.78, 5) is 12.4. The molecule has 5 nitrogen and oxygen atoms in total. The molecule has 0 fully saturated rings. The maximum Gasteiger partial charge on any atom is 0.166 e. The number of hydrogen-bond acceptors (Lipinski definition) is 5. The number of aromatic nitrogens is 3. The molecule has 2 heterocycles. The van der Waals surface area contributed by atoms with Crippen LogP contribution in [0.25, 0.3) is 11.0 Å². The van der Waals surface area contributed by atoms with Crippen LogP contribution in [0.3, 0.4) is 0 Å². The number of methoxy groups -OCH3 is 2. The molecule has 0 unspecified atom stereocenters. The Balaban J connectivity index is 1.81. The molecule has 120 valence electrons. The van der Waals surface area contributed by atoms with E-state index in [9.17, 15) is 0 Å². The van der Waals surface area contributed by atoms with Gasteiger partial charge in [-0.15, -0.1) is 0 Å². The number of nitrogens with zero attached hydrogens (tertiary/aromatic N) is 2. The summed E-state index contributed by atoms with van der Waals surface area (Å²) in [5.41, 5.74) is 3.90. The largest absolute Gasteiger partial charge is 0.497 e. The Morgan fingerprint density at radius 2 is 2.09 bits per heavy atom. The first-order valence-corrected chi connectivity index (χ1v) is 8.74. The van der Waals surface area contributed by atoms with Crippen LogP contribution in [0, 0.1) is 6.92 Å². The van der Waals surface area contributed by atoms with Crippen LogP contribution in [-0.2, 0) is 5.75 Å². The number of benzene rings is 1. The fraction of sp³-hybridized carbons (Fsp3) is 0.250. The number of imidazole rings is 1. The number of rotatable bonds is 5. The highest BCUT2D eigenvalue weighted by Gasteiger charge is 2.12. The predicted molar refractivity (Wildman–Crippen MR) is 95.4 cm³/mol. The van der Waals surface area contributed by atoms with Crippen molar-refractivity contribution in [2.24, 2.45) is 0 Å². The van der Waals surface area contributed by atoms with Gasteiger partial charge in [-0.2, -0.15) is 0 Å². The summed E-state index contributed by atoms with van der Waals surface area (Å²) in [7, 11) is 3.32. The number of aromatic amines is 1. The first-order chi connectivity index (χ1) is 11.1. The maximum atomic E-state index is 5.41. The van der Waals surface area contributed by atoms with E-state index in [-0.39, 0.29) is 0 Å². The second kappa shape index (κ2) is 6.80. The molecule has 0 saturated heterocycles. The summed E-state index contributed by atoms with van der Waals surface area (Å²) < 4.78 is 11.5. The Kier molecular flexibility index (Phi) is 4.77. The third-order valence-electron chi connectivity index (χ3n) is 3.54. The molecule has 7 heteroatoms. The molecule has 0 bridgehead atoms. The van der Waals surface area contributed by atoms with Crippen LogP contribution in [0.5, 0.6) is 11.5 Å². The molecule has 0 amide bonds. The van der Waals surface area contributed by atoms with Gasteiger partial charge in [-0.05, 0) is 35.0 Å². The Morgan fingerprint density at radius 3 is 2.83 bits per heavy atom. The van der Waals surface area contributed by atoms with Crippen molar-refractivity contribution in [2.45, 2.75) is 17.8 Å². The van der Waals surface area contributed by atoms with E-state index in [1.807, 2.05) is 25.1 Å². The van der Waals surface area contributed by atoms with Gasteiger partial charge in [-0.1, -0.05) is 11.8 Å². The smallest absolute Gasteiger partial charge is 0.166 e. The lowest BCUT2D eigenvalue weighted by Gasteiger charge is -2.10. The van der Waals surface area contributed by atoms with Gasteiger partial charge in [0.05, 0.1) is 35.4 Å². The first-order valence-electron chi connectivity index (χ1n) is 6.97. The lowest BCUT2D eigenvalue weighted by molar-refractivity contribution is 0.407. The van der Waals surface area contributed by atoms with E-state index < -0.39 is 0 Å². The zero-order valence-electron chi connectivity index (χ0n) is 13.0. The van der Waals surface area contributed by atoms with Crippen LogP contribution >= 0.6 is 27.7 Å². The summed E-state index contributed by atoms with van der Waals surface area (Å²) in [5.74, 6) is 2.35. The Morgan fingerprint density at radius 1 is 1.26 bits per heavy atom. The minimum Gasteiger partial charge on any atom is -0.497 e. The number of thioether (sulfide) groups is 1. The van der Waals surface area contributed by atoms with Crippen LogP contribution in [0.4, 0.5) is 0 Å². The maximum absolute atomic E-state index is 5.41. The van der Waals surface area contributed by atoms with Crippen molar-refractivity contribution in [3.8, 4) is 11.5 Å². The summed E-state index contributed by atoms with van der Waals surface area (Å²) >= 11 is 5.06. The minimum atomic E-state index is 0.715. The number of pyridine rings is 1. The van der Waals surface area contributed by atoms with E-state index in [0.29, 0.717) is 5.75 Å². The average molecular weight is 394 g/mol. The third-order valence-corrected chi connectivity index (χ3v) is 4.99. The molecule has 0 atom stereocenters. The number of H-pyrrole nitrogens is 1. The quantitative estimate of drug-likeness (QED) is 0.653. The van der Waals surface area contributed by atoms with Crippen LogP contribution < -0.4 is 9.47 Å². The molecule has 1 aromatic carbocycles. The van der Waals surface area contributed by atoms with Crippen LogP contribution in [0.2, 0.25) is 0 Å². The molecule has 23 heavy (non-hydrogen) atoms. The zero-order valence-corrected chi connectivity index (χ0v) is 15.4. The van der Waals surface area contributed by atoms with Crippen molar-refractivity contribution < 1.29 is 9.47 Å². The normalized spacial score (nSPS) is 11.0. The summed E-state index contributed by atoms with van der Waals surface area (Å²) in [6.07, 6.45) is 1.77. The topological polar surface area (TPSA) is 60.0 Å². The van der Waals surface area contributed by atoms with Gasteiger partial charge in [-0.3, -0.25) is 4.98 Å². The van der Waals surface area contributed by atoms with Gasteiger partial charge in [0.15, 0.2) is 5.16 Å². The van der Waals surface area contributed by atoms with Crippen molar-refractivity contribution in [2.75, 3.05) is 14.2 Å². The van der Waals surface area contributed by atoms with Crippen molar-refractivity contribution >= 4 is 38.7 Å². The molecule has 0 aliphatic rings. The lowest BCUT2D eigenvalue weighted by Crippen LogP contribution is -1.97.